The average molecular weight is 396 g/mol. The number of rotatable bonds is 5. The molecule has 0 aliphatic carbocycles. The van der Waals surface area contributed by atoms with E-state index in [1.54, 1.807) is 6.07 Å². The third kappa shape index (κ3) is 4.18. The average Bonchev–Trinajstić information content (AvgIpc) is 3.28. The Kier molecular flexibility index (Phi) is 5.64. The zero-order valence-corrected chi connectivity index (χ0v) is 15.9. The van der Waals surface area contributed by atoms with Crippen LogP contribution in [-0.4, -0.2) is 39.1 Å². The fourth-order valence-corrected chi connectivity index (χ4v) is 3.99. The van der Waals surface area contributed by atoms with E-state index in [-0.39, 0.29) is 17.4 Å². The van der Waals surface area contributed by atoms with Crippen LogP contribution in [-0.2, 0) is 6.42 Å². The van der Waals surface area contributed by atoms with Crippen LogP contribution in [0, 0.1) is 17.6 Å². The highest BCUT2D eigenvalue weighted by Gasteiger charge is 2.26. The molecule has 0 bridgehead atoms. The Morgan fingerprint density at radius 2 is 1.93 bits per heavy atom. The van der Waals surface area contributed by atoms with Gasteiger partial charge in [-0.1, -0.05) is 24.3 Å². The van der Waals surface area contributed by atoms with Gasteiger partial charge in [0.2, 0.25) is 0 Å². The fourth-order valence-electron chi connectivity index (χ4n) is 3.99. The van der Waals surface area contributed by atoms with Crippen molar-refractivity contribution in [3.63, 3.8) is 0 Å². The van der Waals surface area contributed by atoms with Crippen LogP contribution in [0.4, 0.5) is 8.78 Å². The molecule has 0 spiro atoms. The number of hydrogen-bond donors (Lipinski definition) is 1. The Labute approximate surface area is 167 Å². The van der Waals surface area contributed by atoms with Crippen LogP contribution in [0.1, 0.15) is 35.2 Å². The molecule has 1 N–H and O–H groups in total. The molecule has 1 atom stereocenters. The molecule has 150 valence electrons. The van der Waals surface area contributed by atoms with E-state index in [9.17, 15) is 13.6 Å². The van der Waals surface area contributed by atoms with Crippen LogP contribution in [0.2, 0.25) is 0 Å². The zero-order valence-electron chi connectivity index (χ0n) is 15.9. The van der Waals surface area contributed by atoms with Crippen LogP contribution >= 0.6 is 0 Å². The number of halogens is 2. The van der Waals surface area contributed by atoms with Crippen LogP contribution < -0.4 is 0 Å². The molecule has 0 radical (unpaired) electrons. The maximum atomic E-state index is 13.9. The van der Waals surface area contributed by atoms with Crippen molar-refractivity contribution in [2.45, 2.75) is 25.7 Å². The second kappa shape index (κ2) is 8.51. The van der Waals surface area contributed by atoms with Crippen molar-refractivity contribution < 1.29 is 13.6 Å². The van der Waals surface area contributed by atoms with Gasteiger partial charge in [-0.25, -0.2) is 13.8 Å². The van der Waals surface area contributed by atoms with Crippen molar-refractivity contribution in [3.05, 3.63) is 71.6 Å². The summed E-state index contributed by atoms with van der Waals surface area (Å²) in [7, 11) is 0. The van der Waals surface area contributed by atoms with Gasteiger partial charge in [0.15, 0.2) is 5.82 Å². The van der Waals surface area contributed by atoms with Crippen molar-refractivity contribution >= 4 is 5.91 Å². The van der Waals surface area contributed by atoms with Crippen LogP contribution in [0.3, 0.4) is 0 Å². The maximum absolute atomic E-state index is 13.9. The number of hydrogen-bond acceptors (Lipinski definition) is 3. The number of aromatic nitrogens is 3. The Morgan fingerprint density at radius 1 is 1.14 bits per heavy atom. The predicted molar refractivity (Wildman–Crippen MR) is 105 cm³/mol. The van der Waals surface area contributed by atoms with Gasteiger partial charge in [-0.2, -0.15) is 5.10 Å². The normalized spacial score (nSPS) is 16.8. The Morgan fingerprint density at radius 3 is 2.69 bits per heavy atom. The first-order valence-corrected chi connectivity index (χ1v) is 9.80. The number of carbonyl (C=O) groups excluding carboxylic acids is 1. The number of amides is 1. The third-order valence-electron chi connectivity index (χ3n) is 5.50. The van der Waals surface area contributed by atoms with Crippen LogP contribution in [0.15, 0.2) is 48.8 Å². The smallest absolute Gasteiger partial charge is 0.254 e. The lowest BCUT2D eigenvalue weighted by Crippen LogP contribution is -2.40. The van der Waals surface area contributed by atoms with Gasteiger partial charge in [0.05, 0.1) is 5.56 Å². The molecule has 1 amide bonds. The lowest BCUT2D eigenvalue weighted by molar-refractivity contribution is 0.0668. The summed E-state index contributed by atoms with van der Waals surface area (Å²) in [5, 5.41) is 6.68. The topological polar surface area (TPSA) is 61.9 Å². The fraction of sp³-hybridized carbons (Fsp3) is 0.318. The Hall–Kier alpha value is -3.09. The summed E-state index contributed by atoms with van der Waals surface area (Å²) in [6, 6.07) is 11.3. The zero-order chi connectivity index (χ0) is 20.2. The molecule has 0 unspecified atom stereocenters. The summed E-state index contributed by atoms with van der Waals surface area (Å²) >= 11 is 0. The summed E-state index contributed by atoms with van der Waals surface area (Å²) in [4.78, 5) is 19.2. The largest absolute Gasteiger partial charge is 0.338 e. The van der Waals surface area contributed by atoms with Crippen molar-refractivity contribution in [2.75, 3.05) is 13.1 Å². The van der Waals surface area contributed by atoms with Gasteiger partial charge in [0.1, 0.15) is 18.0 Å². The van der Waals surface area contributed by atoms with E-state index in [1.165, 1.54) is 24.5 Å². The van der Waals surface area contributed by atoms with Crippen LogP contribution in [0.5, 0.6) is 0 Å². The lowest BCUT2D eigenvalue weighted by atomic mass is 9.91. The Bertz CT molecular complexity index is 970. The van der Waals surface area contributed by atoms with Crippen molar-refractivity contribution in [1.82, 2.24) is 20.1 Å². The summed E-state index contributed by atoms with van der Waals surface area (Å²) in [6.07, 6.45) is 4.21. The number of aromatic amines is 1. The van der Waals surface area contributed by atoms with E-state index in [0.29, 0.717) is 42.9 Å². The molecule has 1 saturated heterocycles. The molecular formula is C22H22F2N4O. The first-order chi connectivity index (χ1) is 14.1. The monoisotopic (exact) mass is 396 g/mol. The number of piperidine rings is 1. The summed E-state index contributed by atoms with van der Waals surface area (Å²) in [5.41, 5.74) is 1.42. The first kappa shape index (κ1) is 19.2. The SMILES string of the molecule is O=C(c1ccccc1-c1ncn[nH]1)N1CCC[C@H](CCc2c(F)cccc2F)C1. The van der Waals surface area contributed by atoms with E-state index in [2.05, 4.69) is 15.2 Å². The molecule has 29 heavy (non-hydrogen) atoms. The molecule has 2 heterocycles. The minimum absolute atomic E-state index is 0.0567. The van der Waals surface area contributed by atoms with Gasteiger partial charge >= 0.3 is 0 Å². The van der Waals surface area contributed by atoms with Gasteiger partial charge < -0.3 is 4.90 Å². The predicted octanol–water partition coefficient (Wildman–Crippen LogP) is 4.23. The highest BCUT2D eigenvalue weighted by molar-refractivity contribution is 6.00. The number of nitrogens with one attached hydrogen (secondary N) is 1. The summed E-state index contributed by atoms with van der Waals surface area (Å²) in [5.74, 6) is -0.301. The number of H-pyrrole nitrogens is 1. The Balaban J connectivity index is 1.46. The molecule has 2 aromatic carbocycles. The highest BCUT2D eigenvalue weighted by atomic mass is 19.1. The second-order valence-corrected chi connectivity index (χ2v) is 7.38. The van der Waals surface area contributed by atoms with Crippen molar-refractivity contribution in [3.8, 4) is 11.4 Å². The molecule has 1 aliphatic heterocycles. The van der Waals surface area contributed by atoms with Gasteiger partial charge in [-0.3, -0.25) is 9.89 Å². The minimum atomic E-state index is -0.505. The number of benzene rings is 2. The third-order valence-corrected chi connectivity index (χ3v) is 5.50. The molecule has 1 fully saturated rings. The summed E-state index contributed by atoms with van der Waals surface area (Å²) in [6.45, 7) is 1.26. The molecular weight excluding hydrogens is 374 g/mol. The molecule has 7 heteroatoms. The minimum Gasteiger partial charge on any atom is -0.338 e. The molecule has 5 nitrogen and oxygen atoms in total. The van der Waals surface area contributed by atoms with E-state index in [1.807, 2.05) is 23.1 Å². The van der Waals surface area contributed by atoms with E-state index in [4.69, 9.17) is 0 Å². The highest BCUT2D eigenvalue weighted by Crippen LogP contribution is 2.27. The number of likely N-dealkylation sites (tertiary alicyclic amines) is 1. The van der Waals surface area contributed by atoms with Crippen molar-refractivity contribution in [2.24, 2.45) is 5.92 Å². The molecule has 4 rings (SSSR count). The van der Waals surface area contributed by atoms with Crippen LogP contribution in [0.25, 0.3) is 11.4 Å². The quantitative estimate of drug-likeness (QED) is 0.702. The lowest BCUT2D eigenvalue weighted by Gasteiger charge is -2.33. The second-order valence-electron chi connectivity index (χ2n) is 7.38. The number of carbonyl (C=O) groups is 1. The van der Waals surface area contributed by atoms with Gasteiger partial charge in [-0.05, 0) is 49.8 Å². The summed E-state index contributed by atoms with van der Waals surface area (Å²) < 4.78 is 27.8. The van der Waals surface area contributed by atoms with E-state index >= 15 is 0 Å². The molecule has 3 aromatic rings. The van der Waals surface area contributed by atoms with E-state index < -0.39 is 11.6 Å². The van der Waals surface area contributed by atoms with Gasteiger partial charge in [0.25, 0.3) is 5.91 Å². The molecule has 0 saturated carbocycles. The van der Waals surface area contributed by atoms with Gasteiger partial charge in [0, 0.05) is 24.2 Å². The van der Waals surface area contributed by atoms with E-state index in [0.717, 1.165) is 12.8 Å². The van der Waals surface area contributed by atoms with Crippen molar-refractivity contribution in [1.29, 1.82) is 0 Å². The number of nitrogens with zero attached hydrogens (tertiary/aromatic N) is 3. The molecule has 1 aliphatic rings. The first-order valence-electron chi connectivity index (χ1n) is 9.80. The standard InChI is InChI=1S/C22H22F2N4O/c23-19-8-3-9-20(24)18(19)11-10-15-5-4-12-28(13-15)22(29)17-7-2-1-6-16(17)21-25-14-26-27-21/h1-3,6-9,14-15H,4-5,10-13H2,(H,25,26,27)/t15-/m1/s1. The van der Waals surface area contributed by atoms with Gasteiger partial charge in [-0.15, -0.1) is 0 Å². The maximum Gasteiger partial charge on any atom is 0.254 e. The molecule has 1 aromatic heterocycles.